The van der Waals surface area contributed by atoms with Crippen LogP contribution in [0.15, 0.2) is 30.3 Å². The molecule has 2 aromatic rings. The van der Waals surface area contributed by atoms with Gasteiger partial charge in [0, 0.05) is 30.9 Å². The van der Waals surface area contributed by atoms with Crippen LogP contribution in [0.1, 0.15) is 22.5 Å². The number of rotatable bonds is 4. The Hall–Kier alpha value is -1.76. The van der Waals surface area contributed by atoms with E-state index in [1.54, 1.807) is 0 Å². The first-order chi connectivity index (χ1) is 9.11. The SMILES string of the molecule is Cc1c(CNCc2cccc(Cl)c2)cc(C#N)n1C. The van der Waals surface area contributed by atoms with Gasteiger partial charge in [0.05, 0.1) is 0 Å². The average molecular weight is 274 g/mol. The smallest absolute Gasteiger partial charge is 0.120 e. The Morgan fingerprint density at radius 2 is 2.11 bits per heavy atom. The molecule has 0 saturated carbocycles. The molecule has 0 amide bonds. The van der Waals surface area contributed by atoms with Crippen molar-refractivity contribution in [2.75, 3.05) is 0 Å². The molecule has 0 unspecified atom stereocenters. The van der Waals surface area contributed by atoms with Crippen molar-refractivity contribution in [3.8, 4) is 6.07 Å². The molecule has 1 N–H and O–H groups in total. The Labute approximate surface area is 118 Å². The highest BCUT2D eigenvalue weighted by Crippen LogP contribution is 2.14. The molecule has 1 aromatic heterocycles. The fraction of sp³-hybridized carbons (Fsp3) is 0.267. The summed E-state index contributed by atoms with van der Waals surface area (Å²) in [6.45, 7) is 3.53. The zero-order valence-electron chi connectivity index (χ0n) is 11.1. The van der Waals surface area contributed by atoms with Crippen LogP contribution in [-0.4, -0.2) is 4.57 Å². The first-order valence-corrected chi connectivity index (χ1v) is 6.50. The van der Waals surface area contributed by atoms with Gasteiger partial charge >= 0.3 is 0 Å². The molecule has 0 atom stereocenters. The lowest BCUT2D eigenvalue weighted by atomic mass is 10.2. The summed E-state index contributed by atoms with van der Waals surface area (Å²) in [4.78, 5) is 0. The topological polar surface area (TPSA) is 40.8 Å². The molecule has 4 heteroatoms. The number of benzene rings is 1. The summed E-state index contributed by atoms with van der Waals surface area (Å²) in [5, 5.41) is 13.1. The first-order valence-electron chi connectivity index (χ1n) is 6.12. The molecule has 0 aliphatic carbocycles. The summed E-state index contributed by atoms with van der Waals surface area (Å²) in [5.74, 6) is 0. The molecule has 1 aromatic carbocycles. The molecule has 2 rings (SSSR count). The standard InChI is InChI=1S/C15H16ClN3/c1-11-13(7-15(8-17)19(11)2)10-18-9-12-4-3-5-14(16)6-12/h3-7,18H,9-10H2,1-2H3. The Morgan fingerprint density at radius 3 is 2.74 bits per heavy atom. The van der Waals surface area contributed by atoms with Crippen molar-refractivity contribution in [2.24, 2.45) is 7.05 Å². The molecule has 0 saturated heterocycles. The van der Waals surface area contributed by atoms with Gasteiger partial charge in [-0.05, 0) is 36.2 Å². The minimum absolute atomic E-state index is 0.692. The molecule has 98 valence electrons. The maximum Gasteiger partial charge on any atom is 0.120 e. The number of hydrogen-bond donors (Lipinski definition) is 1. The van der Waals surface area contributed by atoms with Gasteiger partial charge in [-0.1, -0.05) is 23.7 Å². The van der Waals surface area contributed by atoms with Crippen LogP contribution in [0.4, 0.5) is 0 Å². The van der Waals surface area contributed by atoms with Gasteiger partial charge in [0.1, 0.15) is 11.8 Å². The van der Waals surface area contributed by atoms with Crippen molar-refractivity contribution in [3.05, 3.63) is 57.9 Å². The third-order valence-corrected chi connectivity index (χ3v) is 3.52. The van der Waals surface area contributed by atoms with Gasteiger partial charge in [-0.3, -0.25) is 0 Å². The van der Waals surface area contributed by atoms with E-state index in [2.05, 4.69) is 11.4 Å². The Kier molecular flexibility index (Phi) is 4.26. The minimum Gasteiger partial charge on any atom is -0.340 e. The summed E-state index contributed by atoms with van der Waals surface area (Å²) in [6, 6.07) is 11.9. The Bertz CT molecular complexity index is 623. The molecule has 0 radical (unpaired) electrons. The molecule has 0 aliphatic heterocycles. The monoisotopic (exact) mass is 273 g/mol. The van der Waals surface area contributed by atoms with Crippen LogP contribution in [0.2, 0.25) is 5.02 Å². The number of hydrogen-bond acceptors (Lipinski definition) is 2. The van der Waals surface area contributed by atoms with E-state index in [4.69, 9.17) is 16.9 Å². The van der Waals surface area contributed by atoms with Crippen molar-refractivity contribution in [2.45, 2.75) is 20.0 Å². The van der Waals surface area contributed by atoms with E-state index in [1.165, 1.54) is 0 Å². The van der Waals surface area contributed by atoms with Crippen LogP contribution in [-0.2, 0) is 20.1 Å². The Morgan fingerprint density at radius 1 is 1.32 bits per heavy atom. The van der Waals surface area contributed by atoms with Crippen molar-refractivity contribution >= 4 is 11.6 Å². The van der Waals surface area contributed by atoms with Gasteiger partial charge in [0.2, 0.25) is 0 Å². The van der Waals surface area contributed by atoms with Gasteiger partial charge in [-0.15, -0.1) is 0 Å². The second kappa shape index (κ2) is 5.92. The fourth-order valence-corrected chi connectivity index (χ4v) is 2.25. The molecular formula is C15H16ClN3. The van der Waals surface area contributed by atoms with E-state index >= 15 is 0 Å². The third-order valence-electron chi connectivity index (χ3n) is 3.29. The van der Waals surface area contributed by atoms with Crippen LogP contribution in [0.3, 0.4) is 0 Å². The lowest BCUT2D eigenvalue weighted by Gasteiger charge is -2.06. The molecule has 19 heavy (non-hydrogen) atoms. The second-order valence-electron chi connectivity index (χ2n) is 4.54. The van der Waals surface area contributed by atoms with Gasteiger partial charge in [0.15, 0.2) is 0 Å². The highest BCUT2D eigenvalue weighted by Gasteiger charge is 2.07. The summed E-state index contributed by atoms with van der Waals surface area (Å²) in [5.41, 5.74) is 4.12. The third kappa shape index (κ3) is 3.17. The molecule has 0 fully saturated rings. The van der Waals surface area contributed by atoms with E-state index in [0.717, 1.165) is 34.9 Å². The van der Waals surface area contributed by atoms with Crippen molar-refractivity contribution < 1.29 is 0 Å². The quantitative estimate of drug-likeness (QED) is 0.930. The van der Waals surface area contributed by atoms with E-state index in [9.17, 15) is 0 Å². The van der Waals surface area contributed by atoms with Gasteiger partial charge in [0.25, 0.3) is 0 Å². The molecule has 0 bridgehead atoms. The maximum atomic E-state index is 8.98. The average Bonchev–Trinajstić information content (AvgIpc) is 2.67. The van der Waals surface area contributed by atoms with Crippen LogP contribution in [0.25, 0.3) is 0 Å². The number of nitriles is 1. The lowest BCUT2D eigenvalue weighted by Crippen LogP contribution is -2.13. The zero-order chi connectivity index (χ0) is 13.8. The highest BCUT2D eigenvalue weighted by molar-refractivity contribution is 6.30. The number of aromatic nitrogens is 1. The number of halogens is 1. The lowest BCUT2D eigenvalue weighted by molar-refractivity contribution is 0.687. The minimum atomic E-state index is 0.692. The van der Waals surface area contributed by atoms with E-state index in [-0.39, 0.29) is 0 Å². The van der Waals surface area contributed by atoms with E-state index in [0.29, 0.717) is 5.69 Å². The predicted octanol–water partition coefficient (Wildman–Crippen LogP) is 3.15. The van der Waals surface area contributed by atoms with Crippen molar-refractivity contribution in [3.63, 3.8) is 0 Å². The molecule has 3 nitrogen and oxygen atoms in total. The van der Waals surface area contributed by atoms with Crippen molar-refractivity contribution in [1.29, 1.82) is 5.26 Å². The largest absolute Gasteiger partial charge is 0.340 e. The van der Waals surface area contributed by atoms with Gasteiger partial charge < -0.3 is 9.88 Å². The highest BCUT2D eigenvalue weighted by atomic mass is 35.5. The molecular weight excluding hydrogens is 258 g/mol. The normalized spacial score (nSPS) is 10.4. The Balaban J connectivity index is 1.98. The van der Waals surface area contributed by atoms with Crippen LogP contribution in [0, 0.1) is 18.3 Å². The maximum absolute atomic E-state index is 8.98. The van der Waals surface area contributed by atoms with Crippen molar-refractivity contribution in [1.82, 2.24) is 9.88 Å². The summed E-state index contributed by atoms with van der Waals surface area (Å²) in [6.07, 6.45) is 0. The van der Waals surface area contributed by atoms with E-state index < -0.39 is 0 Å². The zero-order valence-corrected chi connectivity index (χ0v) is 11.8. The molecule has 0 aliphatic rings. The first kappa shape index (κ1) is 13.7. The summed E-state index contributed by atoms with van der Waals surface area (Å²) in [7, 11) is 1.91. The van der Waals surface area contributed by atoms with Crippen LogP contribution >= 0.6 is 11.6 Å². The van der Waals surface area contributed by atoms with Gasteiger partial charge in [-0.25, -0.2) is 0 Å². The predicted molar refractivity (Wildman–Crippen MR) is 76.9 cm³/mol. The van der Waals surface area contributed by atoms with Crippen LogP contribution in [0.5, 0.6) is 0 Å². The van der Waals surface area contributed by atoms with Gasteiger partial charge in [-0.2, -0.15) is 5.26 Å². The second-order valence-corrected chi connectivity index (χ2v) is 4.98. The van der Waals surface area contributed by atoms with E-state index in [1.807, 2.05) is 48.9 Å². The molecule has 0 spiro atoms. The summed E-state index contributed by atoms with van der Waals surface area (Å²) < 4.78 is 1.91. The molecule has 1 heterocycles. The number of nitrogens with zero attached hydrogens (tertiary/aromatic N) is 2. The van der Waals surface area contributed by atoms with Crippen LogP contribution < -0.4 is 5.32 Å². The number of nitrogens with one attached hydrogen (secondary N) is 1. The summed E-state index contributed by atoms with van der Waals surface area (Å²) >= 11 is 5.94. The fourth-order valence-electron chi connectivity index (χ4n) is 2.04.